The van der Waals surface area contributed by atoms with Crippen LogP contribution in [-0.4, -0.2) is 0 Å². The molecule has 1 heteroatoms. The summed E-state index contributed by atoms with van der Waals surface area (Å²) in [5, 5.41) is 22.7. The third-order valence-corrected chi connectivity index (χ3v) is 14.6. The second kappa shape index (κ2) is 13.0. The van der Waals surface area contributed by atoms with E-state index in [-0.39, 0.29) is 0 Å². The molecule has 0 saturated carbocycles. The van der Waals surface area contributed by atoms with Gasteiger partial charge in [-0.3, -0.25) is 0 Å². The molecule has 0 unspecified atom stereocenters. The van der Waals surface area contributed by atoms with Crippen LogP contribution in [0.3, 0.4) is 0 Å². The fourth-order valence-corrected chi connectivity index (χ4v) is 11.7. The predicted octanol–water partition coefficient (Wildman–Crippen LogP) is 18.4. The molecule has 0 aliphatic carbocycles. The molecule has 14 aromatic carbocycles. The Balaban J connectivity index is 1.05. The molecule has 0 radical (unpaired) electrons. The summed E-state index contributed by atoms with van der Waals surface area (Å²) in [6.45, 7) is 0. The zero-order chi connectivity index (χ0) is 42.3. The van der Waals surface area contributed by atoms with Crippen LogP contribution in [0.1, 0.15) is 0 Å². The number of fused-ring (bicyclic) bond motifs is 5. The Hall–Kier alpha value is -8.52. The third kappa shape index (κ3) is 4.87. The molecule has 1 nitrogen and oxygen atoms in total. The minimum Gasteiger partial charge on any atom is -0.456 e. The molecule has 15 rings (SSSR count). The predicted molar refractivity (Wildman–Crippen MR) is 278 cm³/mol. The zero-order valence-corrected chi connectivity index (χ0v) is 35.2. The van der Waals surface area contributed by atoms with Crippen LogP contribution in [-0.2, 0) is 0 Å². The van der Waals surface area contributed by atoms with Crippen molar-refractivity contribution in [3.05, 3.63) is 218 Å². The van der Waals surface area contributed by atoms with Crippen LogP contribution in [0, 0.1) is 0 Å². The first kappa shape index (κ1) is 35.0. The lowest BCUT2D eigenvalue weighted by atomic mass is 9.81. The number of hydrogen-bond donors (Lipinski definition) is 0. The van der Waals surface area contributed by atoms with E-state index in [0.29, 0.717) is 0 Å². The molecule has 0 N–H and O–H groups in total. The van der Waals surface area contributed by atoms with E-state index in [4.69, 9.17) is 4.42 Å². The van der Waals surface area contributed by atoms with E-state index < -0.39 is 0 Å². The van der Waals surface area contributed by atoms with Crippen molar-refractivity contribution in [3.63, 3.8) is 0 Å². The van der Waals surface area contributed by atoms with Gasteiger partial charge in [-0.25, -0.2) is 0 Å². The number of hydrogen-bond acceptors (Lipinski definition) is 1. The number of para-hydroxylation sites is 1. The molecule has 0 atom stereocenters. The van der Waals surface area contributed by atoms with Crippen molar-refractivity contribution in [1.29, 1.82) is 0 Å². The van der Waals surface area contributed by atoms with Gasteiger partial charge in [0.25, 0.3) is 0 Å². The van der Waals surface area contributed by atoms with Crippen molar-refractivity contribution < 1.29 is 4.42 Å². The summed E-state index contributed by atoms with van der Waals surface area (Å²) in [7, 11) is 0. The number of benzene rings is 14. The molecule has 0 spiro atoms. The van der Waals surface area contributed by atoms with E-state index in [2.05, 4.69) is 212 Å². The Kier molecular flexibility index (Phi) is 7.01. The molecular weight excluding hydrogens is 785 g/mol. The van der Waals surface area contributed by atoms with Gasteiger partial charge in [0.15, 0.2) is 0 Å². The molecule has 0 aliphatic heterocycles. The van der Waals surface area contributed by atoms with Crippen molar-refractivity contribution in [2.75, 3.05) is 0 Å². The molecular formula is C64H36O. The largest absolute Gasteiger partial charge is 0.456 e. The van der Waals surface area contributed by atoms with Gasteiger partial charge in [-0.05, 0) is 155 Å². The van der Waals surface area contributed by atoms with E-state index in [0.717, 1.165) is 27.5 Å². The zero-order valence-electron chi connectivity index (χ0n) is 35.2. The third-order valence-electron chi connectivity index (χ3n) is 14.6. The lowest BCUT2D eigenvalue weighted by Crippen LogP contribution is -1.95. The smallest absolute Gasteiger partial charge is 0.135 e. The van der Waals surface area contributed by atoms with Gasteiger partial charge in [0, 0.05) is 10.8 Å². The van der Waals surface area contributed by atoms with Gasteiger partial charge in [0.05, 0.1) is 0 Å². The Bertz CT molecular complexity index is 4440. The van der Waals surface area contributed by atoms with E-state index >= 15 is 0 Å². The highest BCUT2D eigenvalue weighted by atomic mass is 16.3. The average molecular weight is 821 g/mol. The Labute approximate surface area is 373 Å². The molecule has 15 aromatic rings. The van der Waals surface area contributed by atoms with Crippen LogP contribution in [0.4, 0.5) is 0 Å². The fraction of sp³-hybridized carbons (Fsp3) is 0. The van der Waals surface area contributed by atoms with Crippen LogP contribution in [0.15, 0.2) is 223 Å². The van der Waals surface area contributed by atoms with Gasteiger partial charge in [-0.15, -0.1) is 0 Å². The topological polar surface area (TPSA) is 13.1 Å². The van der Waals surface area contributed by atoms with E-state index in [1.54, 1.807) is 0 Å². The van der Waals surface area contributed by atoms with Crippen LogP contribution in [0.5, 0.6) is 0 Å². The van der Waals surface area contributed by atoms with Gasteiger partial charge >= 0.3 is 0 Å². The highest BCUT2D eigenvalue weighted by molar-refractivity contribution is 6.29. The van der Waals surface area contributed by atoms with Crippen molar-refractivity contribution in [2.45, 2.75) is 0 Å². The SMILES string of the molecule is c1cc2ccc3ccc(-c4ccc(-c5cc(-c6ccc7ccc8cccc9ccc6c7c89)c6ccccc6c5-c5ccc6oc7ccccc7c6c5)c5ccccc45)c4ccc(c1)c2c34. The van der Waals surface area contributed by atoms with Crippen LogP contribution in [0.25, 0.3) is 153 Å². The first-order valence-corrected chi connectivity index (χ1v) is 22.6. The molecule has 0 aliphatic rings. The van der Waals surface area contributed by atoms with Crippen LogP contribution in [0.2, 0.25) is 0 Å². The summed E-state index contributed by atoms with van der Waals surface area (Å²) in [4.78, 5) is 0. The maximum Gasteiger partial charge on any atom is 0.135 e. The van der Waals surface area contributed by atoms with E-state index in [1.807, 2.05) is 6.07 Å². The van der Waals surface area contributed by atoms with Crippen molar-refractivity contribution in [3.8, 4) is 44.5 Å². The molecule has 298 valence electrons. The summed E-state index contributed by atoms with van der Waals surface area (Å²) in [5.41, 5.74) is 11.6. The number of furan rings is 1. The van der Waals surface area contributed by atoms with Gasteiger partial charge in [0.2, 0.25) is 0 Å². The Morgan fingerprint density at radius 2 is 0.631 bits per heavy atom. The summed E-state index contributed by atoms with van der Waals surface area (Å²) in [6.07, 6.45) is 0. The lowest BCUT2D eigenvalue weighted by molar-refractivity contribution is 0.669. The quantitative estimate of drug-likeness (QED) is 0.161. The fourth-order valence-electron chi connectivity index (χ4n) is 11.7. The molecule has 0 saturated heterocycles. The summed E-state index contributed by atoms with van der Waals surface area (Å²) >= 11 is 0. The second-order valence-corrected chi connectivity index (χ2v) is 17.8. The minimum absolute atomic E-state index is 0.897. The second-order valence-electron chi connectivity index (χ2n) is 17.8. The van der Waals surface area contributed by atoms with E-state index in [9.17, 15) is 0 Å². The average Bonchev–Trinajstić information content (AvgIpc) is 3.74. The van der Waals surface area contributed by atoms with Gasteiger partial charge in [-0.1, -0.05) is 194 Å². The summed E-state index contributed by atoms with van der Waals surface area (Å²) in [5.74, 6) is 0. The normalized spacial score (nSPS) is 12.3. The Morgan fingerprint density at radius 3 is 1.23 bits per heavy atom. The monoisotopic (exact) mass is 820 g/mol. The van der Waals surface area contributed by atoms with Gasteiger partial charge in [0.1, 0.15) is 11.2 Å². The molecule has 0 fully saturated rings. The number of rotatable bonds is 4. The van der Waals surface area contributed by atoms with Crippen LogP contribution < -0.4 is 0 Å². The first-order valence-electron chi connectivity index (χ1n) is 22.6. The molecule has 0 amide bonds. The lowest BCUT2D eigenvalue weighted by Gasteiger charge is -2.22. The van der Waals surface area contributed by atoms with Crippen molar-refractivity contribution >= 4 is 108 Å². The molecule has 1 aromatic heterocycles. The van der Waals surface area contributed by atoms with Crippen LogP contribution >= 0.6 is 0 Å². The highest BCUT2D eigenvalue weighted by Crippen LogP contribution is 2.50. The standard InChI is InChI=1S/C64H36O/c1-2-14-45-44(13-1)47(48-28-23-41-21-19-37-9-7-11-39-25-30-53(48)63(41)60(37)39)32-33-49(45)57-36-55(50-29-24-42-22-20-38-10-8-12-40-26-31-54(50)64(42)61(38)40)46-15-3-4-17-52(46)62(57)43-27-34-59-56(35-43)51-16-5-6-18-58(51)65-59/h1-36H. The van der Waals surface area contributed by atoms with E-state index in [1.165, 1.54) is 125 Å². The first-order chi connectivity index (χ1) is 32.2. The molecule has 0 bridgehead atoms. The highest BCUT2D eigenvalue weighted by Gasteiger charge is 2.23. The maximum absolute atomic E-state index is 6.39. The van der Waals surface area contributed by atoms with Gasteiger partial charge < -0.3 is 4.42 Å². The molecule has 65 heavy (non-hydrogen) atoms. The van der Waals surface area contributed by atoms with Crippen molar-refractivity contribution in [2.24, 2.45) is 0 Å². The maximum atomic E-state index is 6.39. The molecule has 1 heterocycles. The minimum atomic E-state index is 0.897. The van der Waals surface area contributed by atoms with Gasteiger partial charge in [-0.2, -0.15) is 0 Å². The summed E-state index contributed by atoms with van der Waals surface area (Å²) in [6, 6.07) is 81.5. The van der Waals surface area contributed by atoms with Crippen molar-refractivity contribution in [1.82, 2.24) is 0 Å². The Morgan fingerprint density at radius 1 is 0.215 bits per heavy atom. The summed E-state index contributed by atoms with van der Waals surface area (Å²) < 4.78 is 6.39.